The Kier molecular flexibility index (Phi) is 0.921. The maximum absolute atomic E-state index is 3.91. The molecule has 0 aliphatic carbocycles. The number of aliphatic imine (C=N–C) groups is 2. The third-order valence-corrected chi connectivity index (χ3v) is 1.09. The van der Waals surface area contributed by atoms with Crippen LogP contribution in [0.25, 0.3) is 0 Å². The van der Waals surface area contributed by atoms with Gasteiger partial charge < -0.3 is 0 Å². The topological polar surface area (TPSA) is 62.9 Å². The van der Waals surface area contributed by atoms with Gasteiger partial charge in [-0.15, -0.1) is 0 Å². The number of hydrogen-bond acceptors (Lipinski definition) is 4. The van der Waals surface area contributed by atoms with Gasteiger partial charge in [-0.25, -0.2) is 0 Å². The Morgan fingerprint density at radius 2 is 2.60 bits per heavy atom. The molecule has 0 saturated carbocycles. The molecule has 5 nitrogen and oxygen atoms in total. The first-order valence-corrected chi connectivity index (χ1v) is 2.73. The van der Waals surface area contributed by atoms with Gasteiger partial charge in [-0.3, -0.25) is 10.9 Å². The van der Waals surface area contributed by atoms with Gasteiger partial charge in [0.2, 0.25) is 11.6 Å². The third kappa shape index (κ3) is 0.631. The van der Waals surface area contributed by atoms with Gasteiger partial charge in [-0.05, 0) is 4.99 Å². The van der Waals surface area contributed by atoms with Crippen LogP contribution in [0.5, 0.6) is 0 Å². The fraction of sp³-hybridized carbons (Fsp3) is 0. The Bertz CT molecular complexity index is 311. The van der Waals surface area contributed by atoms with E-state index in [2.05, 4.69) is 31.4 Å². The summed E-state index contributed by atoms with van der Waals surface area (Å²) in [4.78, 5) is 7.79. The van der Waals surface area contributed by atoms with Crippen molar-refractivity contribution in [3.05, 3.63) is 5.70 Å². The summed E-state index contributed by atoms with van der Waals surface area (Å²) in [5.74, 6) is 3.29. The Labute approximate surface area is 56.6 Å². The van der Waals surface area contributed by atoms with Crippen molar-refractivity contribution < 1.29 is 0 Å². The summed E-state index contributed by atoms with van der Waals surface area (Å²) in [6, 6.07) is 0. The van der Waals surface area contributed by atoms with E-state index in [9.17, 15) is 0 Å². The summed E-state index contributed by atoms with van der Waals surface area (Å²) < 4.78 is 3.69. The van der Waals surface area contributed by atoms with E-state index < -0.39 is 0 Å². The maximum Gasteiger partial charge on any atom is 0.392 e. The quantitative estimate of drug-likeness (QED) is 0.383. The minimum atomic E-state index is 0.605. The van der Waals surface area contributed by atoms with Crippen molar-refractivity contribution >= 4 is 24.4 Å². The molecule has 0 amide bonds. The highest BCUT2D eigenvalue weighted by molar-refractivity contribution is 6.12. The van der Waals surface area contributed by atoms with E-state index in [4.69, 9.17) is 0 Å². The van der Waals surface area contributed by atoms with Crippen molar-refractivity contribution in [2.75, 3.05) is 0 Å². The summed E-state index contributed by atoms with van der Waals surface area (Å²) >= 11 is 0. The molecule has 48 valence electrons. The van der Waals surface area contributed by atoms with Crippen molar-refractivity contribution in [3.8, 4) is 0 Å². The lowest BCUT2D eigenvalue weighted by Gasteiger charge is -2.06. The first kappa shape index (κ1) is 4.99. The van der Waals surface area contributed by atoms with Crippen LogP contribution in [0.4, 0.5) is 0 Å². The summed E-state index contributed by atoms with van der Waals surface area (Å²) in [5, 5.41) is 0. The molecular weight excluding hydrogens is 130 g/mol. The molecule has 2 aliphatic heterocycles. The molecule has 0 aromatic carbocycles. The number of hydrazine groups is 1. The minimum absolute atomic E-state index is 0.605. The molecule has 2 aliphatic rings. The van der Waals surface area contributed by atoms with Crippen LogP contribution >= 0.6 is 0 Å². The first-order valence-electron chi connectivity index (χ1n) is 2.73. The second kappa shape index (κ2) is 1.84. The van der Waals surface area contributed by atoms with Crippen LogP contribution < -0.4 is 15.5 Å². The Balaban J connectivity index is 2.54. The van der Waals surface area contributed by atoms with Crippen LogP contribution in [0.2, 0.25) is 0 Å². The molecule has 2 heterocycles. The highest BCUT2D eigenvalue weighted by Crippen LogP contribution is 1.92. The molecule has 0 atom stereocenters. The average molecular weight is 134 g/mol. The molecule has 0 aromatic rings. The van der Waals surface area contributed by atoms with E-state index in [1.54, 1.807) is 0 Å². The molecular formula is C5H4N5+. The Hall–Kier alpha value is -1.83. The zero-order chi connectivity index (χ0) is 6.81. The van der Waals surface area contributed by atoms with Gasteiger partial charge in [0, 0.05) is 0 Å². The van der Waals surface area contributed by atoms with Gasteiger partial charge in [0.05, 0.1) is 0 Å². The SMILES string of the molecule is C1=[N+]=CN=C2N=CNNC=12. The Morgan fingerprint density at radius 3 is 3.50 bits per heavy atom. The lowest BCUT2D eigenvalue weighted by Crippen LogP contribution is -2.38. The van der Waals surface area contributed by atoms with E-state index in [0.717, 1.165) is 0 Å². The summed E-state index contributed by atoms with van der Waals surface area (Å²) in [6.45, 7) is 0. The highest BCUT2D eigenvalue weighted by Gasteiger charge is 2.17. The van der Waals surface area contributed by atoms with E-state index in [-0.39, 0.29) is 0 Å². The van der Waals surface area contributed by atoms with Crippen LogP contribution in [0.3, 0.4) is 0 Å². The standard InChI is InChI=1S/C5H3N5/c1-4-5(7-2-6-1)8-3-9-10-4/h2-3,10H/p+1. The normalized spacial score (nSPS) is 18.4. The number of nitrogens with one attached hydrogen (secondary N) is 2. The minimum Gasteiger partial charge on any atom is -0.289 e. The maximum atomic E-state index is 3.91. The molecule has 0 fully saturated rings. The van der Waals surface area contributed by atoms with Gasteiger partial charge in [-0.2, -0.15) is 9.66 Å². The number of amidine groups is 1. The second-order valence-electron chi connectivity index (χ2n) is 1.71. The zero-order valence-electron chi connectivity index (χ0n) is 5.00. The van der Waals surface area contributed by atoms with E-state index in [0.29, 0.717) is 11.5 Å². The van der Waals surface area contributed by atoms with Crippen LogP contribution in [-0.4, -0.2) is 24.4 Å². The molecule has 0 radical (unpaired) electrons. The van der Waals surface area contributed by atoms with Crippen molar-refractivity contribution in [2.45, 2.75) is 0 Å². The molecule has 10 heavy (non-hydrogen) atoms. The predicted octanol–water partition coefficient (Wildman–Crippen LogP) is -1.82. The number of hydrogen-bond donors (Lipinski definition) is 2. The third-order valence-electron chi connectivity index (χ3n) is 1.09. The van der Waals surface area contributed by atoms with Gasteiger partial charge in [0.1, 0.15) is 6.34 Å². The van der Waals surface area contributed by atoms with Gasteiger partial charge in [0.25, 0.3) is 0 Å². The first-order chi connectivity index (χ1) is 4.97. The van der Waals surface area contributed by atoms with Crippen molar-refractivity contribution in [2.24, 2.45) is 9.98 Å². The van der Waals surface area contributed by atoms with Gasteiger partial charge >= 0.3 is 12.2 Å². The van der Waals surface area contributed by atoms with Crippen molar-refractivity contribution in [1.82, 2.24) is 15.5 Å². The lowest BCUT2D eigenvalue weighted by atomic mass is 10.4. The predicted molar refractivity (Wildman–Crippen MR) is 38.9 cm³/mol. The number of rotatable bonds is 0. The zero-order valence-corrected chi connectivity index (χ0v) is 5.00. The smallest absolute Gasteiger partial charge is 0.289 e. The van der Waals surface area contributed by atoms with Gasteiger partial charge in [0.15, 0.2) is 0 Å². The van der Waals surface area contributed by atoms with Crippen LogP contribution in [0.15, 0.2) is 15.7 Å². The van der Waals surface area contributed by atoms with E-state index in [1.165, 1.54) is 12.7 Å². The molecule has 0 unspecified atom stereocenters. The second-order valence-corrected chi connectivity index (χ2v) is 1.71. The molecule has 0 spiro atoms. The van der Waals surface area contributed by atoms with Crippen LogP contribution in [0, 0.1) is 0 Å². The van der Waals surface area contributed by atoms with Crippen LogP contribution in [0.1, 0.15) is 0 Å². The van der Waals surface area contributed by atoms with E-state index >= 15 is 0 Å². The number of fused-ring (bicyclic) bond motifs is 1. The average Bonchev–Trinajstić information content (AvgIpc) is 2.05. The molecule has 5 heteroatoms. The molecule has 0 bridgehead atoms. The number of nitrogens with zero attached hydrogens (tertiary/aromatic N) is 3. The lowest BCUT2D eigenvalue weighted by molar-refractivity contribution is 0.802. The highest BCUT2D eigenvalue weighted by atomic mass is 15.4. The van der Waals surface area contributed by atoms with Crippen molar-refractivity contribution in [3.63, 3.8) is 0 Å². The molecule has 2 N–H and O–H groups in total. The van der Waals surface area contributed by atoms with Gasteiger partial charge in [-0.1, -0.05) is 0 Å². The molecule has 2 rings (SSSR count). The molecule has 0 aromatic heterocycles. The summed E-state index contributed by atoms with van der Waals surface area (Å²) in [6.07, 6.45) is 2.92. The van der Waals surface area contributed by atoms with E-state index in [1.807, 2.05) is 0 Å². The fourth-order valence-corrected chi connectivity index (χ4v) is 0.671. The fourth-order valence-electron chi connectivity index (χ4n) is 0.671. The largest absolute Gasteiger partial charge is 0.392 e. The Morgan fingerprint density at radius 1 is 1.60 bits per heavy atom. The molecule has 0 saturated heterocycles. The summed E-state index contributed by atoms with van der Waals surface area (Å²) in [7, 11) is 0. The van der Waals surface area contributed by atoms with Crippen molar-refractivity contribution in [1.29, 1.82) is 0 Å². The summed E-state index contributed by atoms with van der Waals surface area (Å²) in [5.41, 5.74) is 6.14. The monoisotopic (exact) mass is 134 g/mol. The van der Waals surface area contributed by atoms with Crippen LogP contribution in [-0.2, 0) is 0 Å².